The maximum Gasteiger partial charge on any atom is 0.328 e. The molecule has 2 aromatic heterocycles. The number of aliphatic hydroxyl groups is 1. The molecule has 0 aliphatic heterocycles. The maximum atomic E-state index is 13.2. The number of unbranched alkanes of at least 4 members (excludes halogenated alkanes) is 1. The van der Waals surface area contributed by atoms with Crippen LogP contribution >= 0.6 is 0 Å². The predicted molar refractivity (Wildman–Crippen MR) is 126 cm³/mol. The van der Waals surface area contributed by atoms with Gasteiger partial charge in [-0.1, -0.05) is 6.42 Å². The van der Waals surface area contributed by atoms with E-state index >= 15 is 0 Å². The first-order valence-electron chi connectivity index (χ1n) is 11.4. The number of amides is 3. The van der Waals surface area contributed by atoms with Gasteiger partial charge in [-0.15, -0.1) is 0 Å². The molecule has 0 radical (unpaired) electrons. The van der Waals surface area contributed by atoms with E-state index in [1.165, 1.54) is 25.0 Å². The Bertz CT molecular complexity index is 967. The summed E-state index contributed by atoms with van der Waals surface area (Å²) in [4.78, 5) is 63.4. The summed E-state index contributed by atoms with van der Waals surface area (Å²) >= 11 is 0. The van der Waals surface area contributed by atoms with Crippen molar-refractivity contribution >= 4 is 23.7 Å². The van der Waals surface area contributed by atoms with Crippen molar-refractivity contribution in [3.8, 4) is 0 Å². The third kappa shape index (κ3) is 9.09. The molecular weight excluding hydrogens is 474 g/mol. The Kier molecular flexibility index (Phi) is 11.5. The van der Waals surface area contributed by atoms with E-state index in [4.69, 9.17) is 16.6 Å². The molecule has 0 aliphatic carbocycles. The average Bonchev–Trinajstić information content (AvgIpc) is 3.55. The van der Waals surface area contributed by atoms with Crippen LogP contribution in [0.4, 0.5) is 0 Å². The van der Waals surface area contributed by atoms with Crippen LogP contribution in [-0.2, 0) is 32.0 Å². The van der Waals surface area contributed by atoms with Crippen molar-refractivity contribution in [2.45, 2.75) is 56.3 Å². The number of aromatic amines is 2. The van der Waals surface area contributed by atoms with Gasteiger partial charge in [0, 0.05) is 36.6 Å². The summed E-state index contributed by atoms with van der Waals surface area (Å²) in [7, 11) is 0. The second-order valence-electron chi connectivity index (χ2n) is 8.16. The fourth-order valence-electron chi connectivity index (χ4n) is 3.30. The van der Waals surface area contributed by atoms with E-state index in [-0.39, 0.29) is 12.8 Å². The molecule has 198 valence electrons. The van der Waals surface area contributed by atoms with Gasteiger partial charge in [-0.2, -0.15) is 0 Å². The fourth-order valence-corrected chi connectivity index (χ4v) is 3.30. The molecule has 0 aliphatic rings. The van der Waals surface area contributed by atoms with Gasteiger partial charge in [-0.25, -0.2) is 14.8 Å². The van der Waals surface area contributed by atoms with Gasteiger partial charge in [0.15, 0.2) is 0 Å². The topological polar surface area (TPSA) is 254 Å². The second-order valence-corrected chi connectivity index (χ2v) is 8.16. The highest BCUT2D eigenvalue weighted by atomic mass is 16.4. The third-order valence-corrected chi connectivity index (χ3v) is 5.33. The number of hydrogen-bond donors (Lipinski definition) is 9. The number of carboxylic acids is 1. The van der Waals surface area contributed by atoms with Crippen LogP contribution in [0, 0.1) is 0 Å². The molecular formula is C21H33N9O6. The first-order valence-corrected chi connectivity index (χ1v) is 11.4. The summed E-state index contributed by atoms with van der Waals surface area (Å²) < 4.78 is 0. The average molecular weight is 508 g/mol. The summed E-state index contributed by atoms with van der Waals surface area (Å²) in [5.74, 6) is -3.54. The number of nitrogens with two attached hydrogens (primary N) is 2. The molecule has 2 aromatic rings. The number of carboxylic acid groups (broad SMARTS) is 1. The highest BCUT2D eigenvalue weighted by Crippen LogP contribution is 2.05. The molecule has 0 saturated heterocycles. The third-order valence-electron chi connectivity index (χ3n) is 5.33. The van der Waals surface area contributed by atoms with Gasteiger partial charge in [0.2, 0.25) is 17.7 Å². The van der Waals surface area contributed by atoms with Crippen molar-refractivity contribution in [1.82, 2.24) is 35.9 Å². The van der Waals surface area contributed by atoms with Crippen LogP contribution in [0.15, 0.2) is 25.0 Å². The van der Waals surface area contributed by atoms with E-state index in [0.29, 0.717) is 37.2 Å². The molecule has 3 amide bonds. The second kappa shape index (κ2) is 14.6. The number of carbonyl (C=O) groups excluding carboxylic acids is 3. The molecule has 0 aromatic carbocycles. The molecule has 0 fully saturated rings. The molecule has 15 nitrogen and oxygen atoms in total. The molecule has 0 bridgehead atoms. The summed E-state index contributed by atoms with van der Waals surface area (Å²) in [6.07, 6.45) is 7.42. The number of aromatic nitrogens is 4. The Morgan fingerprint density at radius 2 is 1.36 bits per heavy atom. The first kappa shape index (κ1) is 28.4. The largest absolute Gasteiger partial charge is 0.480 e. The quantitative estimate of drug-likeness (QED) is 0.103. The molecule has 0 spiro atoms. The maximum absolute atomic E-state index is 13.2. The number of carbonyl (C=O) groups is 4. The number of nitrogens with one attached hydrogen (secondary N) is 5. The Morgan fingerprint density at radius 1 is 0.861 bits per heavy atom. The van der Waals surface area contributed by atoms with Crippen molar-refractivity contribution in [3.05, 3.63) is 36.4 Å². The molecule has 36 heavy (non-hydrogen) atoms. The summed E-state index contributed by atoms with van der Waals surface area (Å²) in [5.41, 5.74) is 12.5. The van der Waals surface area contributed by atoms with E-state index in [2.05, 4.69) is 35.9 Å². The van der Waals surface area contributed by atoms with E-state index in [1.54, 1.807) is 0 Å². The van der Waals surface area contributed by atoms with Crippen molar-refractivity contribution in [3.63, 3.8) is 0 Å². The normalized spacial score (nSPS) is 14.3. The van der Waals surface area contributed by atoms with Gasteiger partial charge in [0.25, 0.3) is 0 Å². The number of imidazole rings is 2. The molecule has 2 heterocycles. The molecule has 2 rings (SSSR count). The van der Waals surface area contributed by atoms with Gasteiger partial charge < -0.3 is 47.6 Å². The monoisotopic (exact) mass is 507 g/mol. The number of rotatable bonds is 16. The van der Waals surface area contributed by atoms with E-state index in [9.17, 15) is 24.3 Å². The zero-order chi connectivity index (χ0) is 26.5. The standard InChI is InChI=1S/C21H33N9O6/c22-4-2-1-3-14(23)18(32)28-15(5-12-7-24-10-26-12)19(33)29-16(6-13-8-25-11-27-13)20(34)30-17(9-31)21(35)36/h7-8,10-11,14-17,31H,1-6,9,22-23H2,(H,24,26)(H,25,27)(H,28,32)(H,29,33)(H,30,34)(H,35,36). The minimum Gasteiger partial charge on any atom is -0.480 e. The predicted octanol–water partition coefficient (Wildman–Crippen LogP) is -3.09. The molecule has 0 saturated carbocycles. The number of aliphatic hydroxyl groups excluding tert-OH is 1. The van der Waals surface area contributed by atoms with Crippen molar-refractivity contribution in [2.75, 3.05) is 13.2 Å². The number of H-pyrrole nitrogens is 2. The number of hydrogen-bond acceptors (Lipinski definition) is 9. The number of aliphatic carboxylic acids is 1. The molecule has 11 N–H and O–H groups in total. The first-order chi connectivity index (χ1) is 17.2. The lowest BCUT2D eigenvalue weighted by Crippen LogP contribution is -2.58. The smallest absolute Gasteiger partial charge is 0.328 e. The van der Waals surface area contributed by atoms with Gasteiger partial charge in [0.05, 0.1) is 25.3 Å². The van der Waals surface area contributed by atoms with E-state index in [1.807, 2.05) is 0 Å². The van der Waals surface area contributed by atoms with Crippen LogP contribution in [0.25, 0.3) is 0 Å². The van der Waals surface area contributed by atoms with Crippen molar-refractivity contribution < 1.29 is 29.4 Å². The van der Waals surface area contributed by atoms with Gasteiger partial charge in [0.1, 0.15) is 18.1 Å². The van der Waals surface area contributed by atoms with Gasteiger partial charge in [-0.05, 0) is 19.4 Å². The number of nitrogens with zero attached hydrogens (tertiary/aromatic N) is 2. The van der Waals surface area contributed by atoms with Crippen molar-refractivity contribution in [1.29, 1.82) is 0 Å². The van der Waals surface area contributed by atoms with Crippen LogP contribution in [0.3, 0.4) is 0 Å². The van der Waals surface area contributed by atoms with Crippen LogP contribution in [0.5, 0.6) is 0 Å². The lowest BCUT2D eigenvalue weighted by atomic mass is 10.1. The zero-order valence-corrected chi connectivity index (χ0v) is 19.6. The highest BCUT2D eigenvalue weighted by Gasteiger charge is 2.31. The Morgan fingerprint density at radius 3 is 1.78 bits per heavy atom. The lowest BCUT2D eigenvalue weighted by Gasteiger charge is -2.24. The highest BCUT2D eigenvalue weighted by molar-refractivity contribution is 5.94. The molecule has 4 unspecified atom stereocenters. The van der Waals surface area contributed by atoms with Gasteiger partial charge in [-0.3, -0.25) is 14.4 Å². The summed E-state index contributed by atoms with van der Waals surface area (Å²) in [6.45, 7) is -0.371. The zero-order valence-electron chi connectivity index (χ0n) is 19.6. The minimum absolute atomic E-state index is 0.0277. The fraction of sp³-hybridized carbons (Fsp3) is 0.524. The molecule has 15 heteroatoms. The van der Waals surface area contributed by atoms with Crippen LogP contribution in [0.2, 0.25) is 0 Å². The van der Waals surface area contributed by atoms with Gasteiger partial charge >= 0.3 is 5.97 Å². The summed E-state index contributed by atoms with van der Waals surface area (Å²) in [5, 5.41) is 25.8. The Balaban J connectivity index is 2.18. The Hall–Kier alpha value is -3.82. The molecule has 4 atom stereocenters. The van der Waals surface area contributed by atoms with Crippen LogP contribution in [-0.4, -0.2) is 91.2 Å². The Labute approximate surface area is 206 Å². The van der Waals surface area contributed by atoms with E-state index < -0.39 is 54.5 Å². The van der Waals surface area contributed by atoms with Crippen molar-refractivity contribution in [2.24, 2.45) is 11.5 Å². The lowest BCUT2D eigenvalue weighted by molar-refractivity contribution is -0.143. The summed E-state index contributed by atoms with van der Waals surface area (Å²) in [6, 6.07) is -4.79. The SMILES string of the molecule is NCCCCC(N)C(=O)NC(Cc1cnc[nH]1)C(=O)NC(Cc1cnc[nH]1)C(=O)NC(CO)C(=O)O. The van der Waals surface area contributed by atoms with Crippen LogP contribution < -0.4 is 27.4 Å². The van der Waals surface area contributed by atoms with E-state index in [0.717, 1.165) is 0 Å². The minimum atomic E-state index is -1.56. The van der Waals surface area contributed by atoms with Crippen LogP contribution in [0.1, 0.15) is 30.7 Å².